The van der Waals surface area contributed by atoms with Crippen molar-refractivity contribution in [3.8, 4) is 0 Å². The first kappa shape index (κ1) is 17.0. The van der Waals surface area contributed by atoms with Crippen molar-refractivity contribution in [1.29, 1.82) is 0 Å². The van der Waals surface area contributed by atoms with Crippen molar-refractivity contribution in [2.45, 2.75) is 50.7 Å². The van der Waals surface area contributed by atoms with E-state index in [1.54, 1.807) is 10.4 Å². The van der Waals surface area contributed by atoms with Gasteiger partial charge in [-0.1, -0.05) is 30.3 Å². The van der Waals surface area contributed by atoms with Gasteiger partial charge in [0.05, 0.1) is 2.88 Å². The second kappa shape index (κ2) is 7.85. The zero-order valence-electron chi connectivity index (χ0n) is 14.0. The third-order valence-corrected chi connectivity index (χ3v) is 7.25. The summed E-state index contributed by atoms with van der Waals surface area (Å²) in [5.41, 5.74) is 3.03. The molecule has 0 bridgehead atoms. The molecule has 2 atom stereocenters. The molecule has 2 aliphatic rings. The van der Waals surface area contributed by atoms with Crippen LogP contribution in [0.25, 0.3) is 0 Å². The highest BCUT2D eigenvalue weighted by Gasteiger charge is 2.27. The van der Waals surface area contributed by atoms with E-state index >= 15 is 0 Å². The van der Waals surface area contributed by atoms with Gasteiger partial charge in [-0.3, -0.25) is 4.90 Å². The standard InChI is InChI=1S/C20H25IN2S/c21-20-12-17-18(9-4-10-19(17)24-20)22-16-8-5-11-23(14-16)13-15-6-2-1-3-7-15/h1-3,6-7,12,16,18,22H,4-5,8-11,13-14H2. The molecule has 24 heavy (non-hydrogen) atoms. The molecule has 2 nitrogen and oxygen atoms in total. The number of fused-ring (bicyclic) bond motifs is 1. The minimum atomic E-state index is 0.579. The Morgan fingerprint density at radius 2 is 2.04 bits per heavy atom. The van der Waals surface area contributed by atoms with E-state index in [1.165, 1.54) is 53.6 Å². The Morgan fingerprint density at radius 3 is 2.92 bits per heavy atom. The van der Waals surface area contributed by atoms with Crippen LogP contribution < -0.4 is 5.32 Å². The third kappa shape index (κ3) is 4.03. The number of hydrogen-bond donors (Lipinski definition) is 1. The summed E-state index contributed by atoms with van der Waals surface area (Å²) in [7, 11) is 0. The van der Waals surface area contributed by atoms with Crippen molar-refractivity contribution in [2.75, 3.05) is 13.1 Å². The zero-order chi connectivity index (χ0) is 16.4. The Labute approximate surface area is 162 Å². The molecule has 2 aromatic rings. The molecule has 1 aliphatic heterocycles. The van der Waals surface area contributed by atoms with Gasteiger partial charge in [0.1, 0.15) is 0 Å². The molecular formula is C20H25IN2S. The van der Waals surface area contributed by atoms with Crippen LogP contribution in [0.5, 0.6) is 0 Å². The van der Waals surface area contributed by atoms with Gasteiger partial charge < -0.3 is 5.32 Å². The van der Waals surface area contributed by atoms with Gasteiger partial charge in [0.2, 0.25) is 0 Å². The summed E-state index contributed by atoms with van der Waals surface area (Å²) in [6, 6.07) is 14.5. The van der Waals surface area contributed by atoms with E-state index in [0.29, 0.717) is 12.1 Å². The number of rotatable bonds is 4. The summed E-state index contributed by atoms with van der Waals surface area (Å²) in [5.74, 6) is 0. The Balaban J connectivity index is 1.38. The third-order valence-electron chi connectivity index (χ3n) is 5.28. The molecule has 1 aromatic heterocycles. The SMILES string of the molecule is Ic1cc2c(s1)CCCC2NC1CCCN(Cc2ccccc2)C1. The van der Waals surface area contributed by atoms with E-state index in [4.69, 9.17) is 0 Å². The number of nitrogens with one attached hydrogen (secondary N) is 1. The summed E-state index contributed by atoms with van der Waals surface area (Å²) in [6.07, 6.45) is 6.55. The number of likely N-dealkylation sites (tertiary alicyclic amines) is 1. The number of piperidine rings is 1. The number of aryl methyl sites for hydroxylation is 1. The number of thiophene rings is 1. The Hall–Kier alpha value is -0.430. The molecule has 0 amide bonds. The summed E-state index contributed by atoms with van der Waals surface area (Å²) < 4.78 is 1.45. The van der Waals surface area contributed by atoms with Crippen LogP contribution in [-0.4, -0.2) is 24.0 Å². The van der Waals surface area contributed by atoms with Crippen LogP contribution in [0.15, 0.2) is 36.4 Å². The lowest BCUT2D eigenvalue weighted by atomic mass is 9.92. The molecule has 4 rings (SSSR count). The molecule has 1 saturated heterocycles. The Bertz CT molecular complexity index is 670. The van der Waals surface area contributed by atoms with Gasteiger partial charge in [-0.15, -0.1) is 11.3 Å². The summed E-state index contributed by atoms with van der Waals surface area (Å²) in [4.78, 5) is 4.25. The minimum absolute atomic E-state index is 0.579. The van der Waals surface area contributed by atoms with Crippen LogP contribution in [0, 0.1) is 2.88 Å². The highest BCUT2D eigenvalue weighted by molar-refractivity contribution is 14.1. The Morgan fingerprint density at radius 1 is 1.17 bits per heavy atom. The highest BCUT2D eigenvalue weighted by atomic mass is 127. The van der Waals surface area contributed by atoms with Crippen LogP contribution in [-0.2, 0) is 13.0 Å². The van der Waals surface area contributed by atoms with Crippen molar-refractivity contribution in [3.05, 3.63) is 55.3 Å². The van der Waals surface area contributed by atoms with Crippen LogP contribution in [0.4, 0.5) is 0 Å². The number of benzene rings is 1. The smallest absolute Gasteiger partial charge is 0.0659 e. The average Bonchev–Trinajstić information content (AvgIpc) is 2.98. The van der Waals surface area contributed by atoms with Crippen LogP contribution >= 0.6 is 33.9 Å². The van der Waals surface area contributed by atoms with E-state index in [0.717, 1.165) is 6.54 Å². The van der Waals surface area contributed by atoms with Gasteiger partial charge in [-0.2, -0.15) is 0 Å². The van der Waals surface area contributed by atoms with E-state index in [2.05, 4.69) is 69.2 Å². The summed E-state index contributed by atoms with van der Waals surface area (Å²) in [6.45, 7) is 3.51. The molecule has 2 unspecified atom stereocenters. The topological polar surface area (TPSA) is 15.3 Å². The number of hydrogen-bond acceptors (Lipinski definition) is 3. The van der Waals surface area contributed by atoms with Gasteiger partial charge in [-0.25, -0.2) is 0 Å². The fraction of sp³-hybridized carbons (Fsp3) is 0.500. The maximum absolute atomic E-state index is 4.00. The maximum Gasteiger partial charge on any atom is 0.0659 e. The van der Waals surface area contributed by atoms with Gasteiger partial charge in [0, 0.05) is 30.1 Å². The van der Waals surface area contributed by atoms with Crippen molar-refractivity contribution >= 4 is 33.9 Å². The molecule has 1 aliphatic carbocycles. The second-order valence-corrected chi connectivity index (χ2v) is 10.1. The van der Waals surface area contributed by atoms with Crippen LogP contribution in [0.3, 0.4) is 0 Å². The Kier molecular flexibility index (Phi) is 5.56. The number of halogens is 1. The molecule has 1 N–H and O–H groups in total. The highest BCUT2D eigenvalue weighted by Crippen LogP contribution is 2.36. The van der Waals surface area contributed by atoms with E-state index in [-0.39, 0.29) is 0 Å². The zero-order valence-corrected chi connectivity index (χ0v) is 17.0. The average molecular weight is 452 g/mol. The predicted molar refractivity (Wildman–Crippen MR) is 111 cm³/mol. The van der Waals surface area contributed by atoms with Crippen molar-refractivity contribution in [3.63, 3.8) is 0 Å². The fourth-order valence-corrected chi connectivity index (χ4v) is 6.28. The molecular weight excluding hydrogens is 427 g/mol. The molecule has 2 heterocycles. The second-order valence-electron chi connectivity index (χ2n) is 7.10. The van der Waals surface area contributed by atoms with E-state index in [1.807, 2.05) is 11.3 Å². The minimum Gasteiger partial charge on any atom is -0.306 e. The van der Waals surface area contributed by atoms with Gasteiger partial charge in [0.15, 0.2) is 0 Å². The maximum atomic E-state index is 4.00. The largest absolute Gasteiger partial charge is 0.306 e. The lowest BCUT2D eigenvalue weighted by Gasteiger charge is -2.36. The molecule has 0 saturated carbocycles. The van der Waals surface area contributed by atoms with Crippen molar-refractivity contribution in [2.24, 2.45) is 0 Å². The molecule has 1 aromatic carbocycles. The first-order valence-corrected chi connectivity index (χ1v) is 11.0. The summed E-state index contributed by atoms with van der Waals surface area (Å²) in [5, 5.41) is 4.00. The van der Waals surface area contributed by atoms with Gasteiger partial charge in [0.25, 0.3) is 0 Å². The lowest BCUT2D eigenvalue weighted by Crippen LogP contribution is -2.46. The lowest BCUT2D eigenvalue weighted by molar-refractivity contribution is 0.173. The van der Waals surface area contributed by atoms with Gasteiger partial charge in [-0.05, 0) is 78.4 Å². The molecule has 4 heteroatoms. The van der Waals surface area contributed by atoms with Crippen molar-refractivity contribution in [1.82, 2.24) is 10.2 Å². The van der Waals surface area contributed by atoms with Crippen LogP contribution in [0.1, 0.15) is 47.7 Å². The fourth-order valence-electron chi connectivity index (χ4n) is 4.16. The monoisotopic (exact) mass is 452 g/mol. The predicted octanol–water partition coefficient (Wildman–Crippen LogP) is 4.98. The molecule has 128 valence electrons. The quantitative estimate of drug-likeness (QED) is 0.658. The van der Waals surface area contributed by atoms with Crippen LogP contribution in [0.2, 0.25) is 0 Å². The normalized spacial score (nSPS) is 24.7. The number of nitrogens with zero attached hydrogens (tertiary/aromatic N) is 1. The molecule has 1 fully saturated rings. The van der Waals surface area contributed by atoms with Crippen molar-refractivity contribution < 1.29 is 0 Å². The van der Waals surface area contributed by atoms with E-state index in [9.17, 15) is 0 Å². The van der Waals surface area contributed by atoms with Gasteiger partial charge >= 0.3 is 0 Å². The molecule has 0 radical (unpaired) electrons. The first-order valence-electron chi connectivity index (χ1n) is 9.08. The summed E-state index contributed by atoms with van der Waals surface area (Å²) >= 11 is 4.47. The molecule has 0 spiro atoms. The van der Waals surface area contributed by atoms with E-state index < -0.39 is 0 Å². The first-order chi connectivity index (χ1) is 11.8.